The van der Waals surface area contributed by atoms with Crippen molar-refractivity contribution in [1.82, 2.24) is 4.90 Å². The summed E-state index contributed by atoms with van der Waals surface area (Å²) in [7, 11) is 0. The van der Waals surface area contributed by atoms with Crippen molar-refractivity contribution in [3.05, 3.63) is 34.1 Å². The summed E-state index contributed by atoms with van der Waals surface area (Å²) in [6, 6.07) is 1.54. The molecule has 1 aromatic rings. The highest BCUT2D eigenvalue weighted by Gasteiger charge is 2.30. The monoisotopic (exact) mass is 291 g/mol. The van der Waals surface area contributed by atoms with Crippen LogP contribution in [-0.2, 0) is 24.0 Å². The summed E-state index contributed by atoms with van der Waals surface area (Å²) in [5, 5.41) is 0. The Morgan fingerprint density at radius 3 is 2.76 bits per heavy atom. The van der Waals surface area contributed by atoms with E-state index >= 15 is 0 Å². The minimum absolute atomic E-state index is 0.0327. The van der Waals surface area contributed by atoms with E-state index in [0.717, 1.165) is 11.1 Å². The van der Waals surface area contributed by atoms with Crippen LogP contribution in [0.15, 0.2) is 6.07 Å². The Hall–Kier alpha value is -1.91. The lowest BCUT2D eigenvalue weighted by Gasteiger charge is -2.18. The normalized spacial score (nSPS) is 17.2. The Bertz CT molecular complexity index is 612. The Morgan fingerprint density at radius 2 is 2.00 bits per heavy atom. The molecular formula is C16H18FNO3. The first-order valence-corrected chi connectivity index (χ1v) is 7.39. The third-order valence-electron chi connectivity index (χ3n) is 4.27. The van der Waals surface area contributed by atoms with Crippen molar-refractivity contribution in [3.63, 3.8) is 0 Å². The van der Waals surface area contributed by atoms with Crippen molar-refractivity contribution < 1.29 is 18.7 Å². The molecule has 1 aromatic carbocycles. The van der Waals surface area contributed by atoms with Gasteiger partial charge in [-0.25, -0.2) is 9.18 Å². The Morgan fingerprint density at radius 1 is 1.24 bits per heavy atom. The van der Waals surface area contributed by atoms with E-state index in [0.29, 0.717) is 56.5 Å². The molecule has 0 aromatic heterocycles. The van der Waals surface area contributed by atoms with Crippen molar-refractivity contribution in [3.8, 4) is 0 Å². The molecule has 0 fully saturated rings. The van der Waals surface area contributed by atoms with Gasteiger partial charge in [-0.3, -0.25) is 4.79 Å². The molecule has 1 aliphatic carbocycles. The molecule has 1 amide bonds. The number of hydrogen-bond donors (Lipinski definition) is 0. The summed E-state index contributed by atoms with van der Waals surface area (Å²) >= 11 is 0. The summed E-state index contributed by atoms with van der Waals surface area (Å²) in [5.41, 5.74) is 2.92. The molecule has 4 nitrogen and oxygen atoms in total. The number of ether oxygens (including phenoxy) is 1. The number of benzene rings is 1. The van der Waals surface area contributed by atoms with E-state index in [-0.39, 0.29) is 17.7 Å². The van der Waals surface area contributed by atoms with Crippen LogP contribution in [0.25, 0.3) is 0 Å². The van der Waals surface area contributed by atoms with Crippen LogP contribution in [0.4, 0.5) is 9.18 Å². The predicted molar refractivity (Wildman–Crippen MR) is 75.1 cm³/mol. The second kappa shape index (κ2) is 5.47. The lowest BCUT2D eigenvalue weighted by molar-refractivity contribution is 0.0993. The Labute approximate surface area is 122 Å². The van der Waals surface area contributed by atoms with Crippen LogP contribution in [0, 0.1) is 5.82 Å². The van der Waals surface area contributed by atoms with Gasteiger partial charge in [0, 0.05) is 25.1 Å². The van der Waals surface area contributed by atoms with Crippen molar-refractivity contribution in [2.24, 2.45) is 0 Å². The third-order valence-corrected chi connectivity index (χ3v) is 4.27. The maximum atomic E-state index is 14.1. The summed E-state index contributed by atoms with van der Waals surface area (Å²) < 4.78 is 19.1. The number of Topliss-reactive ketones (excluding diaryl/α,β-unsaturated/α-hetero) is 1. The molecule has 2 aliphatic rings. The second-order valence-electron chi connectivity index (χ2n) is 5.46. The minimum Gasteiger partial charge on any atom is -0.450 e. The molecule has 3 rings (SSSR count). The second-order valence-corrected chi connectivity index (χ2v) is 5.46. The standard InChI is InChI=1S/C16H18FNO3/c1-2-21-16(20)18-7-5-10-9-13(17)12-3-4-14(19)15(12)11(10)6-8-18/h9H,2-8H2,1H3. The van der Waals surface area contributed by atoms with Gasteiger partial charge in [0.05, 0.1) is 6.61 Å². The van der Waals surface area contributed by atoms with Gasteiger partial charge in [-0.1, -0.05) is 0 Å². The molecule has 0 saturated heterocycles. The number of halogens is 1. The molecule has 5 heteroatoms. The molecule has 0 saturated carbocycles. The number of hydrogen-bond acceptors (Lipinski definition) is 3. The highest BCUT2D eigenvalue weighted by atomic mass is 19.1. The lowest BCUT2D eigenvalue weighted by Crippen LogP contribution is -2.33. The zero-order valence-corrected chi connectivity index (χ0v) is 12.1. The highest BCUT2D eigenvalue weighted by Crippen LogP contribution is 2.32. The van der Waals surface area contributed by atoms with Crippen LogP contribution in [0.3, 0.4) is 0 Å². The van der Waals surface area contributed by atoms with Crippen molar-refractivity contribution >= 4 is 11.9 Å². The zero-order chi connectivity index (χ0) is 15.0. The quantitative estimate of drug-likeness (QED) is 0.798. The van der Waals surface area contributed by atoms with E-state index in [1.165, 1.54) is 0 Å². The molecule has 112 valence electrons. The zero-order valence-electron chi connectivity index (χ0n) is 12.1. The van der Waals surface area contributed by atoms with E-state index in [1.807, 2.05) is 0 Å². The van der Waals surface area contributed by atoms with Gasteiger partial charge < -0.3 is 9.64 Å². The summed E-state index contributed by atoms with van der Waals surface area (Å²) in [5.74, 6) is -0.246. The third kappa shape index (κ3) is 2.41. The molecule has 0 spiro atoms. The van der Waals surface area contributed by atoms with E-state index < -0.39 is 0 Å². The van der Waals surface area contributed by atoms with Gasteiger partial charge in [0.2, 0.25) is 0 Å². The number of carbonyl (C=O) groups is 2. The first-order chi connectivity index (χ1) is 10.1. The smallest absolute Gasteiger partial charge is 0.409 e. The minimum atomic E-state index is -0.339. The summed E-state index contributed by atoms with van der Waals surface area (Å²) in [6.07, 6.45) is 1.70. The molecule has 21 heavy (non-hydrogen) atoms. The molecule has 0 unspecified atom stereocenters. The molecular weight excluding hydrogens is 273 g/mol. The van der Waals surface area contributed by atoms with Crippen LogP contribution in [-0.4, -0.2) is 36.5 Å². The van der Waals surface area contributed by atoms with Gasteiger partial charge in [-0.15, -0.1) is 0 Å². The van der Waals surface area contributed by atoms with E-state index in [1.54, 1.807) is 17.9 Å². The van der Waals surface area contributed by atoms with Crippen LogP contribution >= 0.6 is 0 Å². The predicted octanol–water partition coefficient (Wildman–Crippen LogP) is 2.51. The maximum absolute atomic E-state index is 14.1. The molecule has 0 N–H and O–H groups in total. The fourth-order valence-electron chi connectivity index (χ4n) is 3.25. The molecule has 0 radical (unpaired) electrons. The van der Waals surface area contributed by atoms with Crippen molar-refractivity contribution in [2.75, 3.05) is 19.7 Å². The largest absolute Gasteiger partial charge is 0.450 e. The molecule has 1 aliphatic heterocycles. The molecule has 0 bridgehead atoms. The molecule has 1 heterocycles. The van der Waals surface area contributed by atoms with E-state index in [4.69, 9.17) is 4.74 Å². The number of carbonyl (C=O) groups excluding carboxylic acids is 2. The molecule has 0 atom stereocenters. The Balaban J connectivity index is 1.92. The average Bonchev–Trinajstić information content (AvgIpc) is 2.72. The van der Waals surface area contributed by atoms with Gasteiger partial charge in [0.25, 0.3) is 0 Å². The van der Waals surface area contributed by atoms with Gasteiger partial charge in [0.1, 0.15) is 5.82 Å². The number of ketones is 1. The highest BCUT2D eigenvalue weighted by molar-refractivity contribution is 6.02. The van der Waals surface area contributed by atoms with Crippen molar-refractivity contribution in [2.45, 2.75) is 32.6 Å². The van der Waals surface area contributed by atoms with Crippen LogP contribution in [0.1, 0.15) is 40.4 Å². The number of amides is 1. The number of fused-ring (bicyclic) bond motifs is 3. The lowest BCUT2D eigenvalue weighted by atomic mass is 9.93. The van der Waals surface area contributed by atoms with E-state index in [9.17, 15) is 14.0 Å². The maximum Gasteiger partial charge on any atom is 0.409 e. The van der Waals surface area contributed by atoms with Gasteiger partial charge >= 0.3 is 6.09 Å². The summed E-state index contributed by atoms with van der Waals surface area (Å²) in [4.78, 5) is 25.5. The van der Waals surface area contributed by atoms with Gasteiger partial charge in [0.15, 0.2) is 5.78 Å². The van der Waals surface area contributed by atoms with Crippen molar-refractivity contribution in [1.29, 1.82) is 0 Å². The number of rotatable bonds is 1. The first kappa shape index (κ1) is 14.0. The van der Waals surface area contributed by atoms with Crippen LogP contribution in [0.5, 0.6) is 0 Å². The topological polar surface area (TPSA) is 46.6 Å². The SMILES string of the molecule is CCOC(=O)N1CCc2cc(F)c3c(c2CC1)C(=O)CC3. The van der Waals surface area contributed by atoms with Crippen LogP contribution in [0.2, 0.25) is 0 Å². The van der Waals surface area contributed by atoms with Gasteiger partial charge in [-0.2, -0.15) is 0 Å². The fourth-order valence-corrected chi connectivity index (χ4v) is 3.25. The Kier molecular flexibility index (Phi) is 3.66. The summed E-state index contributed by atoms with van der Waals surface area (Å²) in [6.45, 7) is 3.12. The first-order valence-electron chi connectivity index (χ1n) is 7.39. The van der Waals surface area contributed by atoms with Crippen LogP contribution < -0.4 is 0 Å². The van der Waals surface area contributed by atoms with Gasteiger partial charge in [-0.05, 0) is 48.9 Å². The van der Waals surface area contributed by atoms with E-state index in [2.05, 4.69) is 0 Å². The number of nitrogens with zero attached hydrogens (tertiary/aromatic N) is 1. The fraction of sp³-hybridized carbons (Fsp3) is 0.500. The average molecular weight is 291 g/mol.